The summed E-state index contributed by atoms with van der Waals surface area (Å²) in [5, 5.41) is 0.567. The summed E-state index contributed by atoms with van der Waals surface area (Å²) in [6.07, 6.45) is 0. The summed E-state index contributed by atoms with van der Waals surface area (Å²) in [5.74, 6) is 0.700. The first-order valence-electron chi connectivity index (χ1n) is 5.88. The van der Waals surface area contributed by atoms with Crippen molar-refractivity contribution in [2.24, 2.45) is 0 Å². The molecule has 104 valence electrons. The highest BCUT2D eigenvalue weighted by molar-refractivity contribution is 6.30. The minimum absolute atomic E-state index is 0.212. The fraction of sp³-hybridized carbons (Fsp3) is 0.133. The van der Waals surface area contributed by atoms with E-state index >= 15 is 0 Å². The van der Waals surface area contributed by atoms with Crippen LogP contribution in [0.2, 0.25) is 5.02 Å². The summed E-state index contributed by atoms with van der Waals surface area (Å²) in [6.45, 7) is 0. The lowest BCUT2D eigenvalue weighted by molar-refractivity contribution is 0.103. The van der Waals surface area contributed by atoms with Gasteiger partial charge in [0.1, 0.15) is 11.5 Å². The van der Waals surface area contributed by atoms with E-state index in [2.05, 4.69) is 0 Å². The molecule has 0 aliphatic heterocycles. The molecule has 0 radical (unpaired) electrons. The van der Waals surface area contributed by atoms with Crippen LogP contribution >= 0.6 is 11.6 Å². The summed E-state index contributed by atoms with van der Waals surface area (Å²) in [5.41, 5.74) is 7.08. The molecule has 0 saturated carbocycles. The Bertz CT molecular complexity index is 638. The van der Waals surface area contributed by atoms with Gasteiger partial charge in [0.05, 0.1) is 25.5 Å². The second kappa shape index (κ2) is 5.84. The van der Waals surface area contributed by atoms with E-state index in [4.69, 9.17) is 26.8 Å². The Hall–Kier alpha value is -2.20. The van der Waals surface area contributed by atoms with Crippen LogP contribution in [-0.2, 0) is 0 Å². The molecule has 0 aliphatic rings. The highest BCUT2D eigenvalue weighted by Crippen LogP contribution is 2.32. The van der Waals surface area contributed by atoms with Crippen LogP contribution < -0.4 is 15.2 Å². The van der Waals surface area contributed by atoms with Crippen molar-refractivity contribution in [3.8, 4) is 11.5 Å². The first-order valence-corrected chi connectivity index (χ1v) is 6.26. The Balaban J connectivity index is 2.50. The van der Waals surface area contributed by atoms with E-state index in [1.807, 2.05) is 0 Å². The van der Waals surface area contributed by atoms with Crippen molar-refractivity contribution in [3.63, 3.8) is 0 Å². The molecule has 20 heavy (non-hydrogen) atoms. The third-order valence-corrected chi connectivity index (χ3v) is 3.17. The van der Waals surface area contributed by atoms with E-state index in [1.165, 1.54) is 14.2 Å². The van der Waals surface area contributed by atoms with E-state index in [0.717, 1.165) is 0 Å². The van der Waals surface area contributed by atoms with Crippen molar-refractivity contribution in [2.45, 2.75) is 0 Å². The molecule has 0 heterocycles. The Morgan fingerprint density at radius 2 is 1.75 bits per heavy atom. The van der Waals surface area contributed by atoms with Crippen LogP contribution in [0.15, 0.2) is 36.4 Å². The zero-order valence-electron chi connectivity index (χ0n) is 11.1. The number of ketones is 1. The maximum atomic E-state index is 12.5. The van der Waals surface area contributed by atoms with Crippen molar-refractivity contribution in [1.29, 1.82) is 0 Å². The van der Waals surface area contributed by atoms with Crippen molar-refractivity contribution in [3.05, 3.63) is 52.5 Å². The van der Waals surface area contributed by atoms with Crippen LogP contribution in [-0.4, -0.2) is 20.0 Å². The molecule has 0 spiro atoms. The summed E-state index contributed by atoms with van der Waals surface area (Å²) in [7, 11) is 3.00. The van der Waals surface area contributed by atoms with E-state index < -0.39 is 0 Å². The number of hydrogen-bond donors (Lipinski definition) is 1. The van der Waals surface area contributed by atoms with Crippen LogP contribution in [0.1, 0.15) is 15.9 Å². The van der Waals surface area contributed by atoms with Crippen molar-refractivity contribution in [1.82, 2.24) is 0 Å². The standard InChI is InChI=1S/C15H14ClNO3/c1-19-11-7-12(14(17)13(8-11)20-2)15(18)9-3-5-10(16)6-4-9/h3-8H,17H2,1-2H3. The van der Waals surface area contributed by atoms with Crippen LogP contribution in [0.4, 0.5) is 5.69 Å². The molecule has 0 unspecified atom stereocenters. The normalized spacial score (nSPS) is 10.2. The number of ether oxygens (including phenoxy) is 2. The molecule has 5 heteroatoms. The van der Waals surface area contributed by atoms with Gasteiger partial charge in [-0.05, 0) is 30.3 Å². The molecule has 0 saturated heterocycles. The van der Waals surface area contributed by atoms with Gasteiger partial charge in [-0.2, -0.15) is 0 Å². The van der Waals surface area contributed by atoms with Crippen LogP contribution in [0.3, 0.4) is 0 Å². The number of benzene rings is 2. The quantitative estimate of drug-likeness (QED) is 0.694. The number of anilines is 1. The molecule has 0 amide bonds. The maximum absolute atomic E-state index is 12.5. The first kappa shape index (κ1) is 14.2. The highest BCUT2D eigenvalue weighted by Gasteiger charge is 2.17. The summed E-state index contributed by atoms with van der Waals surface area (Å²) < 4.78 is 10.3. The average Bonchev–Trinajstić information content (AvgIpc) is 2.47. The van der Waals surface area contributed by atoms with Gasteiger partial charge in [0.2, 0.25) is 0 Å². The molecule has 0 aliphatic carbocycles. The first-order chi connectivity index (χ1) is 9.56. The van der Waals surface area contributed by atoms with Gasteiger partial charge < -0.3 is 15.2 Å². The van der Waals surface area contributed by atoms with Gasteiger partial charge in [-0.3, -0.25) is 4.79 Å². The lowest BCUT2D eigenvalue weighted by Gasteiger charge is -2.12. The van der Waals surface area contributed by atoms with E-state index in [0.29, 0.717) is 27.6 Å². The molecule has 0 aromatic heterocycles. The Morgan fingerprint density at radius 3 is 2.30 bits per heavy atom. The smallest absolute Gasteiger partial charge is 0.195 e. The zero-order chi connectivity index (χ0) is 14.7. The highest BCUT2D eigenvalue weighted by atomic mass is 35.5. The van der Waals surface area contributed by atoms with Crippen molar-refractivity contribution >= 4 is 23.1 Å². The molecule has 2 rings (SSSR count). The summed E-state index contributed by atoms with van der Waals surface area (Å²) >= 11 is 5.81. The molecule has 0 bridgehead atoms. The molecule has 2 aromatic carbocycles. The van der Waals surface area contributed by atoms with Gasteiger partial charge in [-0.25, -0.2) is 0 Å². The minimum Gasteiger partial charge on any atom is -0.497 e. The third kappa shape index (κ3) is 2.70. The monoisotopic (exact) mass is 291 g/mol. The number of hydrogen-bond acceptors (Lipinski definition) is 4. The van der Waals surface area contributed by atoms with Crippen LogP contribution in [0.5, 0.6) is 11.5 Å². The molecule has 0 atom stereocenters. The zero-order valence-corrected chi connectivity index (χ0v) is 11.9. The molecule has 2 N–H and O–H groups in total. The number of carbonyl (C=O) groups is 1. The van der Waals surface area contributed by atoms with Gasteiger partial charge in [-0.1, -0.05) is 11.6 Å². The predicted molar refractivity (Wildman–Crippen MR) is 78.8 cm³/mol. The summed E-state index contributed by atoms with van der Waals surface area (Å²) in [4.78, 5) is 12.5. The number of halogens is 1. The SMILES string of the molecule is COc1cc(OC)c(N)c(C(=O)c2ccc(Cl)cc2)c1. The van der Waals surface area contributed by atoms with Crippen molar-refractivity contribution < 1.29 is 14.3 Å². The number of methoxy groups -OCH3 is 2. The number of nitrogens with two attached hydrogens (primary N) is 1. The van der Waals surface area contributed by atoms with Gasteiger partial charge in [0, 0.05) is 16.7 Å². The largest absolute Gasteiger partial charge is 0.497 e. The van der Waals surface area contributed by atoms with Crippen LogP contribution in [0, 0.1) is 0 Å². The van der Waals surface area contributed by atoms with E-state index in [1.54, 1.807) is 36.4 Å². The van der Waals surface area contributed by atoms with Gasteiger partial charge in [0.15, 0.2) is 5.78 Å². The second-order valence-corrected chi connectivity index (χ2v) is 4.56. The second-order valence-electron chi connectivity index (χ2n) is 4.13. The molecular weight excluding hydrogens is 278 g/mol. The van der Waals surface area contributed by atoms with Gasteiger partial charge in [-0.15, -0.1) is 0 Å². The average molecular weight is 292 g/mol. The number of rotatable bonds is 4. The maximum Gasteiger partial charge on any atom is 0.195 e. The number of nitrogen functional groups attached to an aromatic ring is 1. The Labute approximate surface area is 122 Å². The van der Waals surface area contributed by atoms with Crippen molar-refractivity contribution in [2.75, 3.05) is 20.0 Å². The molecule has 0 fully saturated rings. The fourth-order valence-electron chi connectivity index (χ4n) is 1.83. The van der Waals surface area contributed by atoms with Gasteiger partial charge >= 0.3 is 0 Å². The predicted octanol–water partition coefficient (Wildman–Crippen LogP) is 3.17. The molecule has 4 nitrogen and oxygen atoms in total. The lowest BCUT2D eigenvalue weighted by atomic mass is 10.0. The topological polar surface area (TPSA) is 61.6 Å². The van der Waals surface area contributed by atoms with Gasteiger partial charge in [0.25, 0.3) is 0 Å². The Morgan fingerprint density at radius 1 is 1.10 bits per heavy atom. The van der Waals surface area contributed by atoms with E-state index in [9.17, 15) is 4.79 Å². The Kier molecular flexibility index (Phi) is 4.15. The molecule has 2 aromatic rings. The number of carbonyl (C=O) groups excluding carboxylic acids is 1. The third-order valence-electron chi connectivity index (χ3n) is 2.92. The molecular formula is C15H14ClNO3. The van der Waals surface area contributed by atoms with E-state index in [-0.39, 0.29) is 11.5 Å². The lowest BCUT2D eigenvalue weighted by Crippen LogP contribution is -2.07. The van der Waals surface area contributed by atoms with Crippen LogP contribution in [0.25, 0.3) is 0 Å². The minimum atomic E-state index is -0.212. The fourth-order valence-corrected chi connectivity index (χ4v) is 1.96. The summed E-state index contributed by atoms with van der Waals surface area (Å²) in [6, 6.07) is 9.83.